The molecule has 0 saturated heterocycles. The van der Waals surface area contributed by atoms with E-state index in [1.54, 1.807) is 0 Å². The molecule has 0 unspecified atom stereocenters. The number of hydrogen-bond acceptors (Lipinski definition) is 2. The molecular weight excluding hydrogens is 482 g/mol. The molecule has 1 N–H and O–H groups in total. The quantitative estimate of drug-likeness (QED) is 0.170. The second-order valence-electron chi connectivity index (χ2n) is 11.0. The maximum Gasteiger partial charge on any atom is 0.242 e. The molecule has 212 valence electrons. The molecule has 0 aliphatic rings. The third-order valence-corrected chi connectivity index (χ3v) is 7.63. The highest BCUT2D eigenvalue weighted by Gasteiger charge is 2.21. The fourth-order valence-corrected chi connectivity index (χ4v) is 5.10. The highest BCUT2D eigenvalue weighted by Crippen LogP contribution is 2.19. The average Bonchev–Trinajstić information content (AvgIpc) is 3.36. The Morgan fingerprint density at radius 1 is 0.744 bits per heavy atom. The van der Waals surface area contributed by atoms with Crippen LogP contribution in [0, 0.1) is 6.92 Å². The van der Waals surface area contributed by atoms with Gasteiger partial charge in [0.2, 0.25) is 11.8 Å². The summed E-state index contributed by atoms with van der Waals surface area (Å²) in [4.78, 5) is 34.0. The van der Waals surface area contributed by atoms with E-state index in [2.05, 4.69) is 74.4 Å². The lowest BCUT2D eigenvalue weighted by Gasteiger charge is -2.28. The summed E-state index contributed by atoms with van der Waals surface area (Å²) in [6.45, 7) is 8.41. The van der Waals surface area contributed by atoms with Gasteiger partial charge in [-0.3, -0.25) is 9.59 Å². The van der Waals surface area contributed by atoms with E-state index in [4.69, 9.17) is 0 Å². The summed E-state index contributed by atoms with van der Waals surface area (Å²) in [7, 11) is 0. The van der Waals surface area contributed by atoms with Crippen LogP contribution in [0.4, 0.5) is 0 Å². The summed E-state index contributed by atoms with van der Waals surface area (Å²) in [5.41, 5.74) is 4.65. The highest BCUT2D eigenvalue weighted by molar-refractivity contribution is 5.85. The van der Waals surface area contributed by atoms with Crippen LogP contribution in [0.1, 0.15) is 94.7 Å². The molecule has 0 aliphatic heterocycles. The van der Waals surface area contributed by atoms with Crippen molar-refractivity contribution in [1.82, 2.24) is 14.8 Å². The Morgan fingerprint density at radius 2 is 1.44 bits per heavy atom. The molecule has 1 aromatic heterocycles. The molecule has 5 nitrogen and oxygen atoms in total. The van der Waals surface area contributed by atoms with Gasteiger partial charge >= 0.3 is 0 Å². The van der Waals surface area contributed by atoms with E-state index in [9.17, 15) is 9.59 Å². The van der Waals surface area contributed by atoms with Crippen molar-refractivity contribution < 1.29 is 9.59 Å². The summed E-state index contributed by atoms with van der Waals surface area (Å²) in [5, 5.41) is 1.20. The van der Waals surface area contributed by atoms with Crippen molar-refractivity contribution in [2.45, 2.75) is 97.9 Å². The van der Waals surface area contributed by atoms with Gasteiger partial charge in [0.1, 0.15) is 0 Å². The summed E-state index contributed by atoms with van der Waals surface area (Å²) in [6, 6.07) is 16.7. The summed E-state index contributed by atoms with van der Waals surface area (Å²) >= 11 is 0. The van der Waals surface area contributed by atoms with Crippen LogP contribution < -0.4 is 0 Å². The van der Waals surface area contributed by atoms with Crippen molar-refractivity contribution >= 4 is 22.7 Å². The van der Waals surface area contributed by atoms with Gasteiger partial charge in [-0.1, -0.05) is 107 Å². The zero-order valence-electron chi connectivity index (χ0n) is 24.5. The van der Waals surface area contributed by atoms with E-state index >= 15 is 0 Å². The molecule has 0 aliphatic carbocycles. The van der Waals surface area contributed by atoms with Gasteiger partial charge in [0.05, 0.1) is 6.54 Å². The Hall–Kier alpha value is -3.08. The molecule has 0 atom stereocenters. The SMILES string of the molecule is CCCCCCCCCC(=O)N(CCCC)CC(=O)N(CCc1c[nH]c2ccccc12)Cc1ccc(C)cc1. The number of carbonyl (C=O) groups excluding carboxylic acids is 2. The van der Waals surface area contributed by atoms with Crippen LogP contribution in [0.2, 0.25) is 0 Å². The van der Waals surface area contributed by atoms with Gasteiger partial charge in [0.15, 0.2) is 0 Å². The van der Waals surface area contributed by atoms with E-state index in [0.29, 0.717) is 26.1 Å². The van der Waals surface area contributed by atoms with Crippen molar-refractivity contribution in [1.29, 1.82) is 0 Å². The number of aromatic nitrogens is 1. The van der Waals surface area contributed by atoms with Gasteiger partial charge in [-0.2, -0.15) is 0 Å². The number of H-pyrrole nitrogens is 1. The molecule has 0 radical (unpaired) electrons. The summed E-state index contributed by atoms with van der Waals surface area (Å²) < 4.78 is 0. The molecular formula is C34H49N3O2. The highest BCUT2D eigenvalue weighted by atomic mass is 16.2. The number of para-hydroxylation sites is 1. The van der Waals surface area contributed by atoms with Crippen molar-refractivity contribution in [2.75, 3.05) is 19.6 Å². The Kier molecular flexibility index (Phi) is 13.1. The number of hydrogen-bond donors (Lipinski definition) is 1. The van der Waals surface area contributed by atoms with Gasteiger partial charge in [0.25, 0.3) is 0 Å². The minimum absolute atomic E-state index is 0.0273. The average molecular weight is 532 g/mol. The van der Waals surface area contributed by atoms with Crippen molar-refractivity contribution in [3.8, 4) is 0 Å². The van der Waals surface area contributed by atoms with Gasteiger partial charge in [-0.05, 0) is 43.4 Å². The van der Waals surface area contributed by atoms with E-state index in [1.165, 1.54) is 48.6 Å². The number of nitrogens with one attached hydrogen (secondary N) is 1. The van der Waals surface area contributed by atoms with Crippen LogP contribution in [0.3, 0.4) is 0 Å². The third-order valence-electron chi connectivity index (χ3n) is 7.63. The third kappa shape index (κ3) is 10.2. The minimum atomic E-state index is 0.0273. The van der Waals surface area contributed by atoms with E-state index in [1.807, 2.05) is 15.9 Å². The summed E-state index contributed by atoms with van der Waals surface area (Å²) in [6.07, 6.45) is 13.6. The molecule has 2 aromatic carbocycles. The van der Waals surface area contributed by atoms with Gasteiger partial charge in [-0.25, -0.2) is 0 Å². The van der Waals surface area contributed by atoms with Gasteiger partial charge in [0, 0.05) is 43.2 Å². The number of amides is 2. The fraction of sp³-hybridized carbons (Fsp3) is 0.529. The predicted molar refractivity (Wildman–Crippen MR) is 163 cm³/mol. The molecule has 0 fully saturated rings. The number of unbranched alkanes of at least 4 members (excludes halogenated alkanes) is 7. The predicted octanol–water partition coefficient (Wildman–Crippen LogP) is 7.82. The van der Waals surface area contributed by atoms with E-state index in [-0.39, 0.29) is 18.4 Å². The summed E-state index contributed by atoms with van der Waals surface area (Å²) in [5.74, 6) is 0.150. The molecule has 1 heterocycles. The molecule has 39 heavy (non-hydrogen) atoms. The number of carbonyl (C=O) groups is 2. The Morgan fingerprint density at radius 3 is 2.18 bits per heavy atom. The first-order chi connectivity index (χ1) is 19.0. The number of rotatable bonds is 18. The fourth-order valence-electron chi connectivity index (χ4n) is 5.10. The minimum Gasteiger partial charge on any atom is -0.361 e. The van der Waals surface area contributed by atoms with Crippen LogP contribution in [0.25, 0.3) is 10.9 Å². The molecule has 2 amide bonds. The van der Waals surface area contributed by atoms with Crippen LogP contribution in [-0.2, 0) is 22.6 Å². The normalized spacial score (nSPS) is 11.2. The number of nitrogens with zero attached hydrogens (tertiary/aromatic N) is 2. The van der Waals surface area contributed by atoms with Gasteiger partial charge in [-0.15, -0.1) is 0 Å². The molecule has 3 aromatic rings. The molecule has 5 heteroatoms. The van der Waals surface area contributed by atoms with E-state index in [0.717, 1.165) is 43.2 Å². The standard InChI is InChI=1S/C34H49N3O2/c1-4-6-8-9-10-11-12-17-33(38)36(23-7-5-2)27-34(39)37(26-29-20-18-28(3)19-21-29)24-22-30-25-35-32-16-14-13-15-31(30)32/h13-16,18-21,25,35H,4-12,17,22-24,26-27H2,1-3H3. The largest absolute Gasteiger partial charge is 0.361 e. The van der Waals surface area contributed by atoms with Crippen molar-refractivity contribution in [2.24, 2.45) is 0 Å². The first-order valence-corrected chi connectivity index (χ1v) is 15.2. The lowest BCUT2D eigenvalue weighted by Crippen LogP contribution is -2.43. The molecule has 3 rings (SSSR count). The monoisotopic (exact) mass is 531 g/mol. The zero-order chi connectivity index (χ0) is 27.9. The van der Waals surface area contributed by atoms with E-state index < -0.39 is 0 Å². The Labute approximate surface area is 236 Å². The smallest absolute Gasteiger partial charge is 0.242 e. The zero-order valence-corrected chi connectivity index (χ0v) is 24.5. The van der Waals surface area contributed by atoms with Crippen molar-refractivity contribution in [3.05, 3.63) is 71.4 Å². The number of fused-ring (bicyclic) bond motifs is 1. The van der Waals surface area contributed by atoms with Crippen molar-refractivity contribution in [3.63, 3.8) is 0 Å². The second-order valence-corrected chi connectivity index (χ2v) is 11.0. The maximum absolute atomic E-state index is 13.7. The number of benzene rings is 2. The maximum atomic E-state index is 13.7. The number of aryl methyl sites for hydroxylation is 1. The Bertz CT molecular complexity index is 1130. The molecule has 0 saturated carbocycles. The lowest BCUT2D eigenvalue weighted by molar-refractivity contribution is -0.141. The first kappa shape index (κ1) is 30.5. The first-order valence-electron chi connectivity index (χ1n) is 15.2. The van der Waals surface area contributed by atoms with Crippen LogP contribution >= 0.6 is 0 Å². The van der Waals surface area contributed by atoms with Crippen LogP contribution in [-0.4, -0.2) is 46.2 Å². The van der Waals surface area contributed by atoms with Crippen LogP contribution in [0.15, 0.2) is 54.7 Å². The van der Waals surface area contributed by atoms with Crippen LogP contribution in [0.5, 0.6) is 0 Å². The molecule has 0 spiro atoms. The topological polar surface area (TPSA) is 56.4 Å². The lowest BCUT2D eigenvalue weighted by atomic mass is 10.1. The second kappa shape index (κ2) is 16.8. The molecule has 0 bridgehead atoms. The number of aromatic amines is 1. The van der Waals surface area contributed by atoms with Gasteiger partial charge < -0.3 is 14.8 Å². The Balaban J connectivity index is 1.64.